The molecular formula is C12H24N2O. The zero-order valence-electron chi connectivity index (χ0n) is 10.5. The fourth-order valence-corrected chi connectivity index (χ4v) is 2.90. The first-order valence-electron chi connectivity index (χ1n) is 6.00. The molecule has 3 nitrogen and oxygen atoms in total. The van der Waals surface area contributed by atoms with Crippen LogP contribution in [0, 0.1) is 0 Å². The number of hydrogen-bond acceptors (Lipinski definition) is 3. The molecule has 2 heterocycles. The first-order chi connectivity index (χ1) is 6.91. The molecule has 2 aliphatic heterocycles. The monoisotopic (exact) mass is 212 g/mol. The molecule has 0 saturated carbocycles. The minimum Gasteiger partial charge on any atom is -0.378 e. The van der Waals surface area contributed by atoms with Gasteiger partial charge in [-0.05, 0) is 34.1 Å². The third kappa shape index (κ3) is 2.35. The van der Waals surface area contributed by atoms with Gasteiger partial charge in [-0.15, -0.1) is 0 Å². The first-order valence-corrected chi connectivity index (χ1v) is 6.00. The van der Waals surface area contributed by atoms with E-state index in [1.165, 1.54) is 6.42 Å². The van der Waals surface area contributed by atoms with E-state index in [2.05, 4.69) is 37.9 Å². The summed E-state index contributed by atoms with van der Waals surface area (Å²) in [5.41, 5.74) is 0.504. The highest BCUT2D eigenvalue weighted by Crippen LogP contribution is 2.29. The Bertz CT molecular complexity index is 238. The number of hydrogen-bond donors (Lipinski definition) is 1. The van der Waals surface area contributed by atoms with Crippen molar-refractivity contribution < 1.29 is 4.74 Å². The Balaban J connectivity index is 2.04. The van der Waals surface area contributed by atoms with Crippen molar-refractivity contribution in [1.29, 1.82) is 0 Å². The van der Waals surface area contributed by atoms with Crippen LogP contribution in [-0.2, 0) is 4.74 Å². The molecule has 0 radical (unpaired) electrons. The summed E-state index contributed by atoms with van der Waals surface area (Å²) < 4.78 is 5.56. The van der Waals surface area contributed by atoms with Crippen molar-refractivity contribution in [2.45, 2.75) is 51.2 Å². The van der Waals surface area contributed by atoms with E-state index in [9.17, 15) is 0 Å². The van der Waals surface area contributed by atoms with E-state index in [0.717, 1.165) is 26.3 Å². The van der Waals surface area contributed by atoms with Crippen molar-refractivity contribution in [2.24, 2.45) is 0 Å². The van der Waals surface area contributed by atoms with Crippen molar-refractivity contribution in [1.82, 2.24) is 10.2 Å². The molecular weight excluding hydrogens is 188 g/mol. The van der Waals surface area contributed by atoms with Gasteiger partial charge in [0, 0.05) is 30.2 Å². The third-order valence-electron chi connectivity index (χ3n) is 3.71. The molecule has 0 aromatic rings. The van der Waals surface area contributed by atoms with Gasteiger partial charge in [0.15, 0.2) is 0 Å². The van der Waals surface area contributed by atoms with Gasteiger partial charge in [-0.3, -0.25) is 4.90 Å². The summed E-state index contributed by atoms with van der Waals surface area (Å²) in [6.45, 7) is 13.1. The lowest BCUT2D eigenvalue weighted by molar-refractivity contribution is -0.0691. The van der Waals surface area contributed by atoms with Crippen LogP contribution >= 0.6 is 0 Å². The fraction of sp³-hybridized carbons (Fsp3) is 1.00. The predicted octanol–water partition coefficient (Wildman–Crippen LogP) is 1.24. The van der Waals surface area contributed by atoms with Gasteiger partial charge in [-0.2, -0.15) is 0 Å². The summed E-state index contributed by atoms with van der Waals surface area (Å²) in [4.78, 5) is 2.62. The number of nitrogens with zero attached hydrogens (tertiary/aromatic N) is 1. The Hall–Kier alpha value is -0.120. The highest BCUT2D eigenvalue weighted by atomic mass is 16.5. The van der Waals surface area contributed by atoms with Crippen molar-refractivity contribution in [3.05, 3.63) is 0 Å². The minimum absolute atomic E-state index is 0.199. The quantitative estimate of drug-likeness (QED) is 0.708. The van der Waals surface area contributed by atoms with Crippen LogP contribution < -0.4 is 5.32 Å². The van der Waals surface area contributed by atoms with Crippen LogP contribution in [0.4, 0.5) is 0 Å². The third-order valence-corrected chi connectivity index (χ3v) is 3.71. The summed E-state index contributed by atoms with van der Waals surface area (Å²) in [6, 6.07) is 0.680. The molecule has 0 aromatic carbocycles. The minimum atomic E-state index is 0.199. The van der Waals surface area contributed by atoms with E-state index in [1.807, 2.05) is 0 Å². The molecule has 0 aliphatic carbocycles. The Labute approximate surface area is 93.2 Å². The van der Waals surface area contributed by atoms with E-state index >= 15 is 0 Å². The molecule has 0 aromatic heterocycles. The Morgan fingerprint density at radius 1 is 1.27 bits per heavy atom. The molecule has 0 amide bonds. The molecule has 1 N–H and O–H groups in total. The number of rotatable bonds is 1. The van der Waals surface area contributed by atoms with Crippen LogP contribution in [0.25, 0.3) is 0 Å². The molecule has 2 aliphatic rings. The lowest BCUT2D eigenvalue weighted by Crippen LogP contribution is -2.57. The van der Waals surface area contributed by atoms with Crippen molar-refractivity contribution in [3.8, 4) is 0 Å². The van der Waals surface area contributed by atoms with Gasteiger partial charge in [-0.25, -0.2) is 0 Å². The molecule has 0 bridgehead atoms. The summed E-state index contributed by atoms with van der Waals surface area (Å²) in [6.07, 6.45) is 1.25. The van der Waals surface area contributed by atoms with Crippen LogP contribution in [0.2, 0.25) is 0 Å². The van der Waals surface area contributed by atoms with Gasteiger partial charge < -0.3 is 10.1 Å². The van der Waals surface area contributed by atoms with Gasteiger partial charge in [-0.1, -0.05) is 0 Å². The zero-order chi connectivity index (χ0) is 11.1. The number of nitrogens with one attached hydrogen (secondary N) is 1. The molecule has 2 rings (SSSR count). The first kappa shape index (κ1) is 11.4. The molecule has 3 heteroatoms. The SMILES string of the molecule is CC1(C)CC(N2CCOCC2(C)C)CN1. The van der Waals surface area contributed by atoms with Crippen molar-refractivity contribution in [2.75, 3.05) is 26.3 Å². The van der Waals surface area contributed by atoms with Gasteiger partial charge in [0.05, 0.1) is 13.2 Å². The smallest absolute Gasteiger partial charge is 0.0645 e. The van der Waals surface area contributed by atoms with E-state index in [1.54, 1.807) is 0 Å². The van der Waals surface area contributed by atoms with Gasteiger partial charge in [0.2, 0.25) is 0 Å². The van der Waals surface area contributed by atoms with Gasteiger partial charge >= 0.3 is 0 Å². The number of morpholine rings is 1. The summed E-state index contributed by atoms with van der Waals surface area (Å²) >= 11 is 0. The lowest BCUT2D eigenvalue weighted by Gasteiger charge is -2.45. The van der Waals surface area contributed by atoms with Crippen molar-refractivity contribution in [3.63, 3.8) is 0 Å². The summed E-state index contributed by atoms with van der Waals surface area (Å²) in [7, 11) is 0. The van der Waals surface area contributed by atoms with E-state index in [4.69, 9.17) is 4.74 Å². The van der Waals surface area contributed by atoms with Crippen LogP contribution in [0.15, 0.2) is 0 Å². The molecule has 15 heavy (non-hydrogen) atoms. The van der Waals surface area contributed by atoms with E-state index in [0.29, 0.717) is 11.6 Å². The molecule has 1 unspecified atom stereocenters. The standard InChI is InChI=1S/C12H24N2O/c1-11(2)7-10(8-13-11)14-5-6-15-9-12(14,3)4/h10,13H,5-9H2,1-4H3. The highest BCUT2D eigenvalue weighted by Gasteiger charge is 2.40. The van der Waals surface area contributed by atoms with Crippen LogP contribution in [-0.4, -0.2) is 48.3 Å². The normalized spacial score (nSPS) is 35.6. The van der Waals surface area contributed by atoms with Gasteiger partial charge in [0.1, 0.15) is 0 Å². The Kier molecular flexibility index (Phi) is 2.82. The largest absolute Gasteiger partial charge is 0.378 e. The summed E-state index contributed by atoms with van der Waals surface area (Å²) in [5, 5.41) is 3.60. The Morgan fingerprint density at radius 3 is 2.53 bits per heavy atom. The maximum absolute atomic E-state index is 5.56. The number of ether oxygens (including phenoxy) is 1. The second-order valence-electron chi connectivity index (χ2n) is 6.18. The maximum Gasteiger partial charge on any atom is 0.0645 e. The molecule has 2 fully saturated rings. The average Bonchev–Trinajstić information content (AvgIpc) is 2.45. The second kappa shape index (κ2) is 3.72. The van der Waals surface area contributed by atoms with E-state index in [-0.39, 0.29) is 5.54 Å². The predicted molar refractivity (Wildman–Crippen MR) is 62.1 cm³/mol. The molecule has 2 saturated heterocycles. The van der Waals surface area contributed by atoms with Gasteiger partial charge in [0.25, 0.3) is 0 Å². The van der Waals surface area contributed by atoms with Crippen LogP contribution in [0.5, 0.6) is 0 Å². The molecule has 88 valence electrons. The Morgan fingerprint density at radius 2 is 2.00 bits per heavy atom. The van der Waals surface area contributed by atoms with Crippen LogP contribution in [0.1, 0.15) is 34.1 Å². The second-order valence-corrected chi connectivity index (χ2v) is 6.18. The van der Waals surface area contributed by atoms with Crippen molar-refractivity contribution >= 4 is 0 Å². The highest BCUT2D eigenvalue weighted by molar-refractivity contribution is 4.99. The zero-order valence-corrected chi connectivity index (χ0v) is 10.5. The topological polar surface area (TPSA) is 24.5 Å². The summed E-state index contributed by atoms with van der Waals surface area (Å²) in [5.74, 6) is 0. The lowest BCUT2D eigenvalue weighted by atomic mass is 9.95. The van der Waals surface area contributed by atoms with Crippen LogP contribution in [0.3, 0.4) is 0 Å². The average molecular weight is 212 g/mol. The molecule has 0 spiro atoms. The molecule has 1 atom stereocenters. The maximum atomic E-state index is 5.56. The van der Waals surface area contributed by atoms with E-state index < -0.39 is 0 Å². The fourth-order valence-electron chi connectivity index (χ4n) is 2.90.